The maximum Gasteiger partial charge on any atom is 0.263 e. The van der Waals surface area contributed by atoms with Gasteiger partial charge in [-0.25, -0.2) is 0 Å². The van der Waals surface area contributed by atoms with Crippen LogP contribution in [0, 0.1) is 0 Å². The van der Waals surface area contributed by atoms with Gasteiger partial charge in [0.15, 0.2) is 4.34 Å². The lowest BCUT2D eigenvalue weighted by Gasteiger charge is -2.09. The molecule has 2 aromatic heterocycles. The second kappa shape index (κ2) is 8.48. The number of benzene rings is 1. The first-order valence-corrected chi connectivity index (χ1v) is 9.97. The Labute approximate surface area is 163 Å². The summed E-state index contributed by atoms with van der Waals surface area (Å²) in [5.74, 6) is 0.362. The number of anilines is 1. The predicted molar refractivity (Wildman–Crippen MR) is 106 cm³/mol. The number of aromatic nitrogens is 3. The van der Waals surface area contributed by atoms with Gasteiger partial charge in [-0.3, -0.25) is 14.9 Å². The highest BCUT2D eigenvalue weighted by atomic mass is 35.5. The summed E-state index contributed by atoms with van der Waals surface area (Å²) in [7, 11) is 0. The van der Waals surface area contributed by atoms with Crippen LogP contribution in [0.4, 0.5) is 5.13 Å². The number of carbonyl (C=O) groups excluding carboxylic acids is 1. The van der Waals surface area contributed by atoms with E-state index in [4.69, 9.17) is 11.6 Å². The molecule has 0 aliphatic rings. The fraction of sp³-hybridized carbons (Fsp3) is 0.176. The molecule has 0 unspecified atom stereocenters. The molecule has 0 saturated carbocycles. The zero-order chi connectivity index (χ0) is 18.5. The Kier molecular flexibility index (Phi) is 6.08. The third-order valence-corrected chi connectivity index (χ3v) is 5.68. The lowest BCUT2D eigenvalue weighted by Crippen LogP contribution is -2.29. The Morgan fingerprint density at radius 2 is 2.08 bits per heavy atom. The number of halogens is 1. The number of hydrogen-bond donors (Lipinski definition) is 1. The molecule has 1 aromatic carbocycles. The average Bonchev–Trinajstić information content (AvgIpc) is 3.06. The minimum atomic E-state index is -0.507. The van der Waals surface area contributed by atoms with Crippen LogP contribution in [-0.4, -0.2) is 26.4 Å². The Hall–Kier alpha value is -2.16. The normalized spacial score (nSPS) is 10.7. The number of hydrogen-bond acceptors (Lipinski definition) is 6. The molecule has 3 rings (SSSR count). The Balaban J connectivity index is 1.80. The first-order valence-electron chi connectivity index (χ1n) is 7.79. The monoisotopic (exact) mass is 406 g/mol. The minimum absolute atomic E-state index is 0.0412. The number of nitrogens with one attached hydrogen (secondary N) is 1. The van der Waals surface area contributed by atoms with Crippen LogP contribution in [0.15, 0.2) is 51.7 Å². The molecular weight excluding hydrogens is 392 g/mol. The van der Waals surface area contributed by atoms with E-state index in [1.165, 1.54) is 22.0 Å². The van der Waals surface area contributed by atoms with E-state index in [0.717, 1.165) is 15.7 Å². The molecule has 6 nitrogen and oxygen atoms in total. The van der Waals surface area contributed by atoms with E-state index in [0.29, 0.717) is 10.2 Å². The number of thioether (sulfide) groups is 1. The van der Waals surface area contributed by atoms with Gasteiger partial charge < -0.3 is 4.57 Å². The first-order chi connectivity index (χ1) is 12.6. The summed E-state index contributed by atoms with van der Waals surface area (Å²) < 4.78 is 2.22. The van der Waals surface area contributed by atoms with Crippen molar-refractivity contribution in [1.29, 1.82) is 0 Å². The summed E-state index contributed by atoms with van der Waals surface area (Å²) in [5.41, 5.74) is 0.455. The molecule has 3 aromatic rings. The van der Waals surface area contributed by atoms with Crippen molar-refractivity contribution in [2.24, 2.45) is 0 Å². The van der Waals surface area contributed by atoms with Crippen LogP contribution in [0.25, 0.3) is 0 Å². The number of pyridine rings is 1. The average molecular weight is 407 g/mol. The van der Waals surface area contributed by atoms with Gasteiger partial charge in [0.2, 0.25) is 5.13 Å². The van der Waals surface area contributed by atoms with Crippen LogP contribution in [-0.2, 0) is 6.54 Å². The standard InChI is InChI=1S/C17H15ClN4O2S2/c1-2-25-17-21-20-16(26-17)19-14(23)12-7-5-9-22(15(12)24)10-11-6-3-4-8-13(11)18/h3-9H,2,10H2,1H3,(H,19,20,23). The molecule has 0 bridgehead atoms. The molecule has 0 aliphatic heterocycles. The van der Waals surface area contributed by atoms with E-state index in [2.05, 4.69) is 15.5 Å². The van der Waals surface area contributed by atoms with Crippen molar-refractivity contribution in [3.63, 3.8) is 0 Å². The second-order valence-corrected chi connectivity index (χ2v) is 8.10. The molecule has 9 heteroatoms. The van der Waals surface area contributed by atoms with E-state index in [9.17, 15) is 9.59 Å². The molecule has 1 N–H and O–H groups in total. The SMILES string of the molecule is CCSc1nnc(NC(=O)c2cccn(Cc3ccccc3Cl)c2=O)s1. The van der Waals surface area contributed by atoms with Crippen molar-refractivity contribution in [2.75, 3.05) is 11.1 Å². The first kappa shape index (κ1) is 18.6. The van der Waals surface area contributed by atoms with Crippen molar-refractivity contribution in [3.8, 4) is 0 Å². The molecule has 0 aliphatic carbocycles. The molecule has 0 saturated heterocycles. The van der Waals surface area contributed by atoms with Crippen LogP contribution < -0.4 is 10.9 Å². The maximum absolute atomic E-state index is 12.6. The van der Waals surface area contributed by atoms with Gasteiger partial charge in [0.1, 0.15) is 5.56 Å². The number of nitrogens with zero attached hydrogens (tertiary/aromatic N) is 3. The van der Waals surface area contributed by atoms with Gasteiger partial charge in [0, 0.05) is 11.2 Å². The van der Waals surface area contributed by atoms with Gasteiger partial charge in [-0.2, -0.15) is 0 Å². The van der Waals surface area contributed by atoms with Gasteiger partial charge >= 0.3 is 0 Å². The van der Waals surface area contributed by atoms with Gasteiger partial charge in [-0.15, -0.1) is 10.2 Å². The van der Waals surface area contributed by atoms with Crippen molar-refractivity contribution < 1.29 is 4.79 Å². The topological polar surface area (TPSA) is 76.9 Å². The van der Waals surface area contributed by atoms with E-state index in [1.807, 2.05) is 25.1 Å². The zero-order valence-electron chi connectivity index (χ0n) is 13.8. The van der Waals surface area contributed by atoms with E-state index in [-0.39, 0.29) is 12.1 Å². The summed E-state index contributed by atoms with van der Waals surface area (Å²) in [6, 6.07) is 10.4. The van der Waals surface area contributed by atoms with Gasteiger partial charge in [-0.05, 0) is 29.5 Å². The summed E-state index contributed by atoms with van der Waals surface area (Å²) in [6.45, 7) is 2.30. The molecule has 0 radical (unpaired) electrons. The Morgan fingerprint density at radius 1 is 1.27 bits per heavy atom. The van der Waals surface area contributed by atoms with Crippen LogP contribution in [0.3, 0.4) is 0 Å². The van der Waals surface area contributed by atoms with Gasteiger partial charge in [0.05, 0.1) is 6.54 Å². The molecule has 1 amide bonds. The van der Waals surface area contributed by atoms with Crippen molar-refractivity contribution in [1.82, 2.24) is 14.8 Å². The molecule has 2 heterocycles. The number of amides is 1. The fourth-order valence-corrected chi connectivity index (χ4v) is 4.09. The van der Waals surface area contributed by atoms with E-state index < -0.39 is 11.5 Å². The summed E-state index contributed by atoms with van der Waals surface area (Å²) in [6.07, 6.45) is 1.63. The van der Waals surface area contributed by atoms with Crippen molar-refractivity contribution in [3.05, 3.63) is 69.1 Å². The molecular formula is C17H15ClN4O2S2. The van der Waals surface area contributed by atoms with Gasteiger partial charge in [-0.1, -0.05) is 59.8 Å². The zero-order valence-corrected chi connectivity index (χ0v) is 16.2. The summed E-state index contributed by atoms with van der Waals surface area (Å²) in [4.78, 5) is 25.1. The second-order valence-electron chi connectivity index (χ2n) is 5.21. The fourth-order valence-electron chi connectivity index (χ4n) is 2.25. The third-order valence-electron chi connectivity index (χ3n) is 3.46. The van der Waals surface area contributed by atoms with Crippen LogP contribution in [0.5, 0.6) is 0 Å². The van der Waals surface area contributed by atoms with Crippen molar-refractivity contribution in [2.45, 2.75) is 17.8 Å². The van der Waals surface area contributed by atoms with Crippen LogP contribution in [0.2, 0.25) is 5.02 Å². The Bertz CT molecular complexity index is 987. The predicted octanol–water partition coefficient (Wildman–Crippen LogP) is 3.77. The molecule has 134 valence electrons. The highest BCUT2D eigenvalue weighted by Gasteiger charge is 2.15. The van der Waals surface area contributed by atoms with Crippen LogP contribution in [0.1, 0.15) is 22.8 Å². The maximum atomic E-state index is 12.6. The highest BCUT2D eigenvalue weighted by molar-refractivity contribution is 8.01. The lowest BCUT2D eigenvalue weighted by atomic mass is 10.2. The molecule has 0 atom stereocenters. The van der Waals surface area contributed by atoms with Gasteiger partial charge in [0.25, 0.3) is 11.5 Å². The lowest BCUT2D eigenvalue weighted by molar-refractivity contribution is 0.102. The molecule has 0 spiro atoms. The van der Waals surface area contributed by atoms with Crippen LogP contribution >= 0.6 is 34.7 Å². The number of carbonyl (C=O) groups is 1. The number of rotatable bonds is 6. The highest BCUT2D eigenvalue weighted by Crippen LogP contribution is 2.25. The summed E-state index contributed by atoms with van der Waals surface area (Å²) >= 11 is 8.97. The molecule has 0 fully saturated rings. The summed E-state index contributed by atoms with van der Waals surface area (Å²) in [5, 5.41) is 11.5. The quantitative estimate of drug-likeness (QED) is 0.498. The Morgan fingerprint density at radius 3 is 2.85 bits per heavy atom. The van der Waals surface area contributed by atoms with E-state index >= 15 is 0 Å². The van der Waals surface area contributed by atoms with Crippen molar-refractivity contribution >= 4 is 45.7 Å². The van der Waals surface area contributed by atoms with E-state index in [1.54, 1.807) is 30.1 Å². The minimum Gasteiger partial charge on any atom is -0.310 e. The third kappa shape index (κ3) is 4.32. The smallest absolute Gasteiger partial charge is 0.263 e. The largest absolute Gasteiger partial charge is 0.310 e. The molecule has 26 heavy (non-hydrogen) atoms.